The van der Waals surface area contributed by atoms with Crippen molar-refractivity contribution in [2.45, 2.75) is 19.1 Å². The quantitative estimate of drug-likeness (QED) is 0.445. The molecule has 0 heterocycles. The van der Waals surface area contributed by atoms with E-state index < -0.39 is 6.10 Å². The van der Waals surface area contributed by atoms with Crippen molar-refractivity contribution in [2.75, 3.05) is 13.1 Å². The van der Waals surface area contributed by atoms with Crippen LogP contribution in [0.5, 0.6) is 0 Å². The maximum absolute atomic E-state index is 10.8. The summed E-state index contributed by atoms with van der Waals surface area (Å²) in [6, 6.07) is 26.5. The predicted octanol–water partition coefficient (Wildman–Crippen LogP) is 4.37. The molecule has 3 aromatic carbocycles. The minimum Gasteiger partial charge on any atom is -0.387 e. The van der Waals surface area contributed by atoms with Crippen LogP contribution in [0.3, 0.4) is 0 Å². The van der Waals surface area contributed by atoms with Crippen LogP contribution in [0.2, 0.25) is 0 Å². The van der Waals surface area contributed by atoms with Gasteiger partial charge in [0, 0.05) is 31.8 Å². The van der Waals surface area contributed by atoms with Crippen LogP contribution in [0.4, 0.5) is 5.69 Å². The lowest BCUT2D eigenvalue weighted by Gasteiger charge is -2.25. The summed E-state index contributed by atoms with van der Waals surface area (Å²) < 4.78 is 0. The van der Waals surface area contributed by atoms with E-state index in [0.717, 1.165) is 30.6 Å². The number of hydrogen-bond donors (Lipinski definition) is 1. The Kier molecular flexibility index (Phi) is 6.89. The topological polar surface area (TPSA) is 66.6 Å². The largest absolute Gasteiger partial charge is 0.387 e. The van der Waals surface area contributed by atoms with Crippen LogP contribution in [-0.2, 0) is 13.0 Å². The van der Waals surface area contributed by atoms with Crippen LogP contribution < -0.4 is 0 Å². The standard InChI is InChI=1S/C23H24N2O3/c26-23(21-9-5-2-6-10-21)18-24(17-20-7-3-1-4-8-20)16-15-19-11-13-22(14-12-19)25(27)28/h1-14,23,26H,15-18H2. The summed E-state index contributed by atoms with van der Waals surface area (Å²) in [5.74, 6) is 0. The average molecular weight is 376 g/mol. The molecule has 0 saturated carbocycles. The zero-order valence-corrected chi connectivity index (χ0v) is 15.6. The summed E-state index contributed by atoms with van der Waals surface area (Å²) >= 11 is 0. The second-order valence-electron chi connectivity index (χ2n) is 6.82. The third-order valence-corrected chi connectivity index (χ3v) is 4.73. The van der Waals surface area contributed by atoms with E-state index in [2.05, 4.69) is 17.0 Å². The van der Waals surface area contributed by atoms with Gasteiger partial charge < -0.3 is 5.11 Å². The second-order valence-corrected chi connectivity index (χ2v) is 6.82. The van der Waals surface area contributed by atoms with Crippen molar-refractivity contribution in [1.29, 1.82) is 0 Å². The molecule has 0 aliphatic rings. The molecule has 1 N–H and O–H groups in total. The molecule has 0 aliphatic carbocycles. The normalized spacial score (nSPS) is 12.1. The molecule has 1 atom stereocenters. The van der Waals surface area contributed by atoms with E-state index in [1.54, 1.807) is 12.1 Å². The minimum absolute atomic E-state index is 0.101. The van der Waals surface area contributed by atoms with Gasteiger partial charge in [-0.15, -0.1) is 0 Å². The zero-order valence-electron chi connectivity index (χ0n) is 15.6. The summed E-state index contributed by atoms with van der Waals surface area (Å²) in [6.45, 7) is 2.00. The molecule has 0 aromatic heterocycles. The van der Waals surface area contributed by atoms with Crippen LogP contribution >= 0.6 is 0 Å². The first kappa shape index (κ1) is 19.7. The summed E-state index contributed by atoms with van der Waals surface area (Å²) in [6.07, 6.45) is 0.188. The van der Waals surface area contributed by atoms with Gasteiger partial charge in [0.05, 0.1) is 11.0 Å². The molecule has 0 saturated heterocycles. The van der Waals surface area contributed by atoms with E-state index in [-0.39, 0.29) is 10.6 Å². The summed E-state index contributed by atoms with van der Waals surface area (Å²) in [5.41, 5.74) is 3.23. The zero-order chi connectivity index (χ0) is 19.8. The van der Waals surface area contributed by atoms with Crippen molar-refractivity contribution in [1.82, 2.24) is 4.90 Å². The highest BCUT2D eigenvalue weighted by Crippen LogP contribution is 2.17. The highest BCUT2D eigenvalue weighted by Gasteiger charge is 2.14. The van der Waals surface area contributed by atoms with Crippen molar-refractivity contribution in [3.8, 4) is 0 Å². The van der Waals surface area contributed by atoms with Gasteiger partial charge in [0.2, 0.25) is 0 Å². The molecule has 5 heteroatoms. The Hall–Kier alpha value is -3.02. The Bertz CT molecular complexity index is 867. The van der Waals surface area contributed by atoms with Gasteiger partial charge in [0.15, 0.2) is 0 Å². The number of hydrogen-bond acceptors (Lipinski definition) is 4. The molecule has 1 unspecified atom stereocenters. The lowest BCUT2D eigenvalue weighted by Crippen LogP contribution is -2.30. The smallest absolute Gasteiger partial charge is 0.269 e. The number of nitro benzene ring substituents is 1. The first-order valence-corrected chi connectivity index (χ1v) is 9.34. The third kappa shape index (κ3) is 5.74. The molecule has 0 fully saturated rings. The monoisotopic (exact) mass is 376 g/mol. The van der Waals surface area contributed by atoms with Gasteiger partial charge in [-0.25, -0.2) is 0 Å². The van der Waals surface area contributed by atoms with Gasteiger partial charge in [0.25, 0.3) is 5.69 Å². The lowest BCUT2D eigenvalue weighted by atomic mass is 10.1. The highest BCUT2D eigenvalue weighted by atomic mass is 16.6. The number of aliphatic hydroxyl groups excluding tert-OH is 1. The Morgan fingerprint density at radius 3 is 2.07 bits per heavy atom. The second kappa shape index (κ2) is 9.78. The first-order valence-electron chi connectivity index (χ1n) is 9.34. The molecule has 3 rings (SSSR count). The minimum atomic E-state index is -0.568. The van der Waals surface area contributed by atoms with Crippen molar-refractivity contribution in [3.05, 3.63) is 112 Å². The Morgan fingerprint density at radius 1 is 0.857 bits per heavy atom. The molecule has 3 aromatic rings. The van der Waals surface area contributed by atoms with Crippen molar-refractivity contribution in [2.24, 2.45) is 0 Å². The van der Waals surface area contributed by atoms with Crippen molar-refractivity contribution >= 4 is 5.69 Å². The average Bonchev–Trinajstić information content (AvgIpc) is 2.73. The molecule has 0 bridgehead atoms. The van der Waals surface area contributed by atoms with E-state index in [0.29, 0.717) is 6.54 Å². The molecule has 0 radical (unpaired) electrons. The summed E-state index contributed by atoms with van der Waals surface area (Å²) in [7, 11) is 0. The predicted molar refractivity (Wildman–Crippen MR) is 110 cm³/mol. The van der Waals surface area contributed by atoms with Gasteiger partial charge in [-0.3, -0.25) is 15.0 Å². The van der Waals surface area contributed by atoms with Crippen LogP contribution in [0.1, 0.15) is 22.8 Å². The van der Waals surface area contributed by atoms with Crippen LogP contribution in [0, 0.1) is 10.1 Å². The number of rotatable bonds is 9. The molecule has 28 heavy (non-hydrogen) atoms. The Balaban J connectivity index is 1.67. The Morgan fingerprint density at radius 2 is 1.46 bits per heavy atom. The molecule has 0 spiro atoms. The summed E-state index contributed by atoms with van der Waals surface area (Å²) in [4.78, 5) is 12.6. The Labute approximate surface area is 165 Å². The van der Waals surface area contributed by atoms with Gasteiger partial charge >= 0.3 is 0 Å². The van der Waals surface area contributed by atoms with E-state index in [4.69, 9.17) is 0 Å². The number of non-ortho nitro benzene ring substituents is 1. The van der Waals surface area contributed by atoms with Crippen molar-refractivity contribution in [3.63, 3.8) is 0 Å². The SMILES string of the molecule is O=[N+]([O-])c1ccc(CCN(Cc2ccccc2)CC(O)c2ccccc2)cc1. The fraction of sp³-hybridized carbons (Fsp3) is 0.217. The van der Waals surface area contributed by atoms with Gasteiger partial charge in [-0.1, -0.05) is 72.8 Å². The summed E-state index contributed by atoms with van der Waals surface area (Å²) in [5, 5.41) is 21.5. The van der Waals surface area contributed by atoms with E-state index in [1.807, 2.05) is 48.5 Å². The van der Waals surface area contributed by atoms with Crippen LogP contribution in [0.25, 0.3) is 0 Å². The molecule has 5 nitrogen and oxygen atoms in total. The van der Waals surface area contributed by atoms with Crippen LogP contribution in [-0.4, -0.2) is 28.0 Å². The van der Waals surface area contributed by atoms with Gasteiger partial charge in [0.1, 0.15) is 0 Å². The van der Waals surface area contributed by atoms with E-state index in [9.17, 15) is 15.2 Å². The highest BCUT2D eigenvalue weighted by molar-refractivity contribution is 5.33. The molecule has 0 aliphatic heterocycles. The molecular weight excluding hydrogens is 352 g/mol. The van der Waals surface area contributed by atoms with Crippen LogP contribution in [0.15, 0.2) is 84.9 Å². The molecule has 0 amide bonds. The number of nitro groups is 1. The van der Waals surface area contributed by atoms with E-state index >= 15 is 0 Å². The third-order valence-electron chi connectivity index (χ3n) is 4.73. The van der Waals surface area contributed by atoms with E-state index in [1.165, 1.54) is 17.7 Å². The van der Waals surface area contributed by atoms with Gasteiger partial charge in [-0.05, 0) is 23.1 Å². The van der Waals surface area contributed by atoms with Crippen molar-refractivity contribution < 1.29 is 10.0 Å². The maximum atomic E-state index is 10.8. The molecular formula is C23H24N2O3. The number of benzene rings is 3. The van der Waals surface area contributed by atoms with Gasteiger partial charge in [-0.2, -0.15) is 0 Å². The maximum Gasteiger partial charge on any atom is 0.269 e. The number of aliphatic hydroxyl groups is 1. The number of nitrogens with zero attached hydrogens (tertiary/aromatic N) is 2. The fourth-order valence-electron chi connectivity index (χ4n) is 3.17. The lowest BCUT2D eigenvalue weighted by molar-refractivity contribution is -0.384. The first-order chi connectivity index (χ1) is 13.6. The molecule has 144 valence electrons. The fourth-order valence-corrected chi connectivity index (χ4v) is 3.17.